The van der Waals surface area contributed by atoms with Crippen molar-refractivity contribution in [3.8, 4) is 5.75 Å². The van der Waals surface area contributed by atoms with Crippen molar-refractivity contribution in [1.82, 2.24) is 10.3 Å². The molecule has 2 N–H and O–H groups in total. The van der Waals surface area contributed by atoms with E-state index >= 15 is 0 Å². The lowest BCUT2D eigenvalue weighted by molar-refractivity contribution is 0.250. The number of ether oxygens (including phenoxy) is 1. The van der Waals surface area contributed by atoms with Crippen molar-refractivity contribution in [3.63, 3.8) is 0 Å². The van der Waals surface area contributed by atoms with Gasteiger partial charge in [0.05, 0.1) is 11.1 Å². The average Bonchev–Trinajstić information content (AvgIpc) is 2.57. The van der Waals surface area contributed by atoms with Gasteiger partial charge in [0.1, 0.15) is 11.6 Å². The summed E-state index contributed by atoms with van der Waals surface area (Å²) >= 11 is 3.56. The molecule has 26 heavy (non-hydrogen) atoms. The van der Waals surface area contributed by atoms with E-state index in [9.17, 15) is 4.79 Å². The van der Waals surface area contributed by atoms with Crippen molar-refractivity contribution in [3.05, 3.63) is 52.1 Å². The molecule has 2 rings (SSSR count). The minimum absolute atomic E-state index is 0.102. The molecule has 1 heterocycles. The van der Waals surface area contributed by atoms with Crippen molar-refractivity contribution in [1.29, 1.82) is 0 Å². The van der Waals surface area contributed by atoms with E-state index in [-0.39, 0.29) is 11.4 Å². The Hall–Kier alpha value is -2.08. The smallest absolute Gasteiger partial charge is 0.320 e. The molecular weight excluding hydrogens is 394 g/mol. The van der Waals surface area contributed by atoms with Gasteiger partial charge in [0.2, 0.25) is 0 Å². The van der Waals surface area contributed by atoms with Crippen LogP contribution in [0.3, 0.4) is 0 Å². The Morgan fingerprint density at radius 3 is 2.62 bits per heavy atom. The van der Waals surface area contributed by atoms with Gasteiger partial charge < -0.3 is 10.1 Å². The summed E-state index contributed by atoms with van der Waals surface area (Å²) in [5.74, 6) is 1.35. The van der Waals surface area contributed by atoms with Crippen LogP contribution >= 0.6 is 15.9 Å². The topological polar surface area (TPSA) is 63.2 Å². The van der Waals surface area contributed by atoms with Crippen LogP contribution in [0, 0.1) is 6.92 Å². The van der Waals surface area contributed by atoms with Gasteiger partial charge in [-0.05, 0) is 64.0 Å². The number of aryl methyl sites for hydroxylation is 1. The summed E-state index contributed by atoms with van der Waals surface area (Å²) in [5, 5.41) is 5.49. The summed E-state index contributed by atoms with van der Waals surface area (Å²) < 4.78 is 6.73. The molecule has 1 aromatic heterocycles. The van der Waals surface area contributed by atoms with Crippen LogP contribution in [0.4, 0.5) is 10.6 Å². The second-order valence-electron chi connectivity index (χ2n) is 7.20. The minimum Gasteiger partial charge on any atom is -0.492 e. The van der Waals surface area contributed by atoms with Crippen LogP contribution in [-0.4, -0.2) is 24.2 Å². The SMILES string of the molecule is Cc1ccc(NC(=O)NCCCOc2ccc(C(C)(C)C)cc2Br)nc1. The highest BCUT2D eigenvalue weighted by Gasteiger charge is 2.15. The number of nitrogens with one attached hydrogen (secondary N) is 2. The first kappa shape index (κ1) is 20.2. The standard InChI is InChI=1S/C20H26BrN3O2/c1-14-6-9-18(23-13-14)24-19(25)22-10-5-11-26-17-8-7-15(12-16(17)21)20(2,3)4/h6-9,12-13H,5,10-11H2,1-4H3,(H2,22,23,24,25). The summed E-state index contributed by atoms with van der Waals surface area (Å²) in [6, 6.07) is 9.57. The van der Waals surface area contributed by atoms with Crippen molar-refractivity contribution in [2.45, 2.75) is 39.5 Å². The third-order valence-electron chi connectivity index (χ3n) is 3.82. The number of urea groups is 1. The molecular formula is C20H26BrN3O2. The molecule has 0 saturated heterocycles. The number of rotatable bonds is 6. The lowest BCUT2D eigenvalue weighted by Gasteiger charge is -2.20. The van der Waals surface area contributed by atoms with E-state index in [0.717, 1.165) is 15.8 Å². The fraction of sp³-hybridized carbons (Fsp3) is 0.400. The third-order valence-corrected chi connectivity index (χ3v) is 4.43. The molecule has 140 valence electrons. The number of pyridine rings is 1. The summed E-state index contributed by atoms with van der Waals surface area (Å²) in [7, 11) is 0. The molecule has 0 unspecified atom stereocenters. The zero-order valence-corrected chi connectivity index (χ0v) is 17.3. The van der Waals surface area contributed by atoms with E-state index in [1.807, 2.05) is 19.1 Å². The molecule has 0 aliphatic rings. The van der Waals surface area contributed by atoms with Gasteiger partial charge in [0, 0.05) is 12.7 Å². The maximum absolute atomic E-state index is 11.8. The minimum atomic E-state index is -0.267. The number of hydrogen-bond acceptors (Lipinski definition) is 3. The van der Waals surface area contributed by atoms with Crippen molar-refractivity contribution >= 4 is 27.8 Å². The number of carbonyl (C=O) groups is 1. The van der Waals surface area contributed by atoms with Crippen molar-refractivity contribution < 1.29 is 9.53 Å². The number of carbonyl (C=O) groups excluding carboxylic acids is 1. The van der Waals surface area contributed by atoms with Crippen molar-refractivity contribution in [2.24, 2.45) is 0 Å². The Bertz CT molecular complexity index is 740. The van der Waals surface area contributed by atoms with Crippen LogP contribution in [0.25, 0.3) is 0 Å². The first-order valence-electron chi connectivity index (χ1n) is 8.66. The van der Waals surface area contributed by atoms with Gasteiger partial charge >= 0.3 is 6.03 Å². The van der Waals surface area contributed by atoms with Gasteiger partial charge in [-0.1, -0.05) is 32.9 Å². The number of nitrogens with zero attached hydrogens (tertiary/aromatic N) is 1. The number of hydrogen-bond donors (Lipinski definition) is 2. The van der Waals surface area contributed by atoms with E-state index in [1.54, 1.807) is 12.3 Å². The first-order valence-corrected chi connectivity index (χ1v) is 9.45. The van der Waals surface area contributed by atoms with Crippen LogP contribution in [0.1, 0.15) is 38.3 Å². The second kappa shape index (κ2) is 9.03. The van der Waals surface area contributed by atoms with Crippen molar-refractivity contribution in [2.75, 3.05) is 18.5 Å². The monoisotopic (exact) mass is 419 g/mol. The fourth-order valence-corrected chi connectivity index (χ4v) is 2.74. The molecule has 0 atom stereocenters. The maximum atomic E-state index is 11.8. The quantitative estimate of drug-likeness (QED) is 0.644. The molecule has 5 nitrogen and oxygen atoms in total. The Balaban J connectivity index is 1.70. The number of aromatic nitrogens is 1. The Kier molecular flexibility index (Phi) is 7.03. The molecule has 0 bridgehead atoms. The predicted octanol–water partition coefficient (Wildman–Crippen LogP) is 5.04. The highest BCUT2D eigenvalue weighted by Crippen LogP contribution is 2.31. The van der Waals surface area contributed by atoms with Crippen LogP contribution in [0.2, 0.25) is 0 Å². The van der Waals surface area contributed by atoms with E-state index in [0.29, 0.717) is 25.4 Å². The van der Waals surface area contributed by atoms with E-state index in [1.165, 1.54) is 5.56 Å². The summed E-state index contributed by atoms with van der Waals surface area (Å²) in [6.45, 7) is 9.53. The zero-order valence-electron chi connectivity index (χ0n) is 15.7. The number of benzene rings is 1. The van der Waals surface area contributed by atoms with E-state index in [2.05, 4.69) is 64.5 Å². The highest BCUT2D eigenvalue weighted by molar-refractivity contribution is 9.10. The second-order valence-corrected chi connectivity index (χ2v) is 8.05. The molecule has 0 aliphatic heterocycles. The number of anilines is 1. The average molecular weight is 420 g/mol. The normalized spacial score (nSPS) is 11.1. The highest BCUT2D eigenvalue weighted by atomic mass is 79.9. The molecule has 6 heteroatoms. The molecule has 2 aromatic rings. The Morgan fingerprint density at radius 2 is 2.00 bits per heavy atom. The molecule has 0 saturated carbocycles. The van der Waals surface area contributed by atoms with Gasteiger partial charge in [-0.3, -0.25) is 5.32 Å². The van der Waals surface area contributed by atoms with Crippen LogP contribution in [-0.2, 0) is 5.41 Å². The number of halogens is 1. The van der Waals surface area contributed by atoms with Gasteiger partial charge in [0.15, 0.2) is 0 Å². The zero-order chi connectivity index (χ0) is 19.2. The lowest BCUT2D eigenvalue weighted by atomic mass is 9.87. The summed E-state index contributed by atoms with van der Waals surface area (Å²) in [5.41, 5.74) is 2.40. The van der Waals surface area contributed by atoms with Gasteiger partial charge in [-0.25, -0.2) is 9.78 Å². The van der Waals surface area contributed by atoms with Crippen LogP contribution in [0.15, 0.2) is 41.0 Å². The van der Waals surface area contributed by atoms with Crippen LogP contribution < -0.4 is 15.4 Å². The number of amides is 2. The molecule has 1 aromatic carbocycles. The molecule has 0 radical (unpaired) electrons. The summed E-state index contributed by atoms with van der Waals surface area (Å²) in [6.07, 6.45) is 2.43. The maximum Gasteiger partial charge on any atom is 0.320 e. The molecule has 2 amide bonds. The van der Waals surface area contributed by atoms with E-state index in [4.69, 9.17) is 4.74 Å². The first-order chi connectivity index (χ1) is 12.3. The third kappa shape index (κ3) is 6.33. The van der Waals surface area contributed by atoms with Crippen LogP contribution in [0.5, 0.6) is 5.75 Å². The Morgan fingerprint density at radius 1 is 1.23 bits per heavy atom. The summed E-state index contributed by atoms with van der Waals surface area (Å²) in [4.78, 5) is 15.9. The predicted molar refractivity (Wildman–Crippen MR) is 109 cm³/mol. The van der Waals surface area contributed by atoms with Gasteiger partial charge in [-0.15, -0.1) is 0 Å². The van der Waals surface area contributed by atoms with Gasteiger partial charge in [0.25, 0.3) is 0 Å². The molecule has 0 aliphatic carbocycles. The Labute approximate surface area is 163 Å². The molecule has 0 spiro atoms. The van der Waals surface area contributed by atoms with Gasteiger partial charge in [-0.2, -0.15) is 0 Å². The van der Waals surface area contributed by atoms with E-state index < -0.39 is 0 Å². The largest absolute Gasteiger partial charge is 0.492 e. The lowest BCUT2D eigenvalue weighted by Crippen LogP contribution is -2.30. The fourth-order valence-electron chi connectivity index (χ4n) is 2.24. The molecule has 0 fully saturated rings.